The van der Waals surface area contributed by atoms with Crippen LogP contribution in [0.15, 0.2) is 64.4 Å². The van der Waals surface area contributed by atoms with Crippen molar-refractivity contribution in [2.45, 2.75) is 20.3 Å². The number of anilines is 1. The van der Waals surface area contributed by atoms with Crippen molar-refractivity contribution in [3.05, 3.63) is 80.8 Å². The van der Waals surface area contributed by atoms with Crippen molar-refractivity contribution in [2.24, 2.45) is 4.99 Å². The first-order chi connectivity index (χ1) is 16.3. The number of hydrogen-bond donors (Lipinski definition) is 1. The molecule has 0 aliphatic carbocycles. The second-order valence-corrected chi connectivity index (χ2v) is 8.93. The number of aromatic nitrogens is 2. The van der Waals surface area contributed by atoms with Gasteiger partial charge in [0, 0.05) is 57.8 Å². The summed E-state index contributed by atoms with van der Waals surface area (Å²) in [4.78, 5) is 27.2. The molecule has 0 bridgehead atoms. The molecule has 1 aromatic carbocycles. The van der Waals surface area contributed by atoms with Crippen molar-refractivity contribution in [1.29, 1.82) is 0 Å². The van der Waals surface area contributed by atoms with E-state index in [0.29, 0.717) is 28.9 Å². The second kappa shape index (κ2) is 12.0. The highest BCUT2D eigenvalue weighted by atomic mass is 35.5. The summed E-state index contributed by atoms with van der Waals surface area (Å²) < 4.78 is 5.49. The fourth-order valence-electron chi connectivity index (χ4n) is 3.28. The van der Waals surface area contributed by atoms with Gasteiger partial charge in [0.2, 0.25) is 6.41 Å². The molecule has 0 radical (unpaired) electrons. The highest BCUT2D eigenvalue weighted by molar-refractivity contribution is 7.84. The molecule has 0 aliphatic rings. The van der Waals surface area contributed by atoms with Gasteiger partial charge in [0.25, 0.3) is 0 Å². The van der Waals surface area contributed by atoms with E-state index in [4.69, 9.17) is 27.9 Å². The summed E-state index contributed by atoms with van der Waals surface area (Å²) >= 11 is 16.6. The summed E-state index contributed by atoms with van der Waals surface area (Å²) in [6.07, 6.45) is 6.37. The Hall–Kier alpha value is -2.87. The molecule has 0 aliphatic heterocycles. The SMILES string of the molecule is COc1cnc(Cl)cc1-c1cc(C)ncc1C=N/C(CCN(C=O)c1ccc(Cl)cc1)=C(/C)S. The van der Waals surface area contributed by atoms with E-state index in [0.717, 1.165) is 45.1 Å². The largest absolute Gasteiger partial charge is 0.494 e. The number of carbonyl (C=O) groups excluding carboxylic acids is 1. The number of halogens is 2. The molecule has 9 heteroatoms. The molecule has 1 amide bonds. The Morgan fingerprint density at radius 2 is 1.88 bits per heavy atom. The molecule has 0 N–H and O–H groups in total. The molecular formula is C25H24Cl2N4O2S. The quantitative estimate of drug-likeness (QED) is 0.155. The molecule has 3 rings (SSSR count). The van der Waals surface area contributed by atoms with Gasteiger partial charge in [-0.15, -0.1) is 12.6 Å². The summed E-state index contributed by atoms with van der Waals surface area (Å²) in [6.45, 7) is 4.21. The number of rotatable bonds is 9. The third-order valence-electron chi connectivity index (χ3n) is 5.07. The van der Waals surface area contributed by atoms with Crippen molar-refractivity contribution >= 4 is 54.1 Å². The van der Waals surface area contributed by atoms with Gasteiger partial charge in [-0.3, -0.25) is 14.8 Å². The Morgan fingerprint density at radius 3 is 2.53 bits per heavy atom. The van der Waals surface area contributed by atoms with Crippen molar-refractivity contribution in [2.75, 3.05) is 18.6 Å². The fraction of sp³-hybridized carbons (Fsp3) is 0.200. The van der Waals surface area contributed by atoms with Crippen LogP contribution in [0.2, 0.25) is 10.2 Å². The monoisotopic (exact) mass is 514 g/mol. The fourth-order valence-corrected chi connectivity index (χ4v) is 3.74. The number of methoxy groups -OCH3 is 1. The number of thiol groups is 1. The maximum absolute atomic E-state index is 11.7. The van der Waals surface area contributed by atoms with Crippen LogP contribution in [-0.4, -0.2) is 36.2 Å². The lowest BCUT2D eigenvalue weighted by Gasteiger charge is -2.18. The molecular weight excluding hydrogens is 491 g/mol. The summed E-state index contributed by atoms with van der Waals surface area (Å²) in [5, 5.41) is 0.969. The van der Waals surface area contributed by atoms with Gasteiger partial charge in [0.1, 0.15) is 10.9 Å². The van der Waals surface area contributed by atoms with E-state index in [2.05, 4.69) is 27.6 Å². The van der Waals surface area contributed by atoms with Crippen LogP contribution in [-0.2, 0) is 4.79 Å². The zero-order valence-electron chi connectivity index (χ0n) is 19.0. The Morgan fingerprint density at radius 1 is 1.15 bits per heavy atom. The van der Waals surface area contributed by atoms with Crippen LogP contribution in [0.3, 0.4) is 0 Å². The smallest absolute Gasteiger partial charge is 0.214 e. The van der Waals surface area contributed by atoms with Crippen LogP contribution in [0, 0.1) is 6.92 Å². The molecule has 2 aromatic heterocycles. The predicted octanol–water partition coefficient (Wildman–Crippen LogP) is 6.40. The van der Waals surface area contributed by atoms with E-state index in [-0.39, 0.29) is 0 Å². The molecule has 176 valence electrons. The Balaban J connectivity index is 1.88. The number of aryl methyl sites for hydroxylation is 1. The van der Waals surface area contributed by atoms with Crippen LogP contribution in [0.1, 0.15) is 24.6 Å². The van der Waals surface area contributed by atoms with Crippen molar-refractivity contribution in [3.8, 4) is 16.9 Å². The van der Waals surface area contributed by atoms with Gasteiger partial charge in [0.15, 0.2) is 0 Å². The predicted molar refractivity (Wildman–Crippen MR) is 143 cm³/mol. The highest BCUT2D eigenvalue weighted by Gasteiger charge is 2.13. The topological polar surface area (TPSA) is 67.7 Å². The average molecular weight is 515 g/mol. The van der Waals surface area contributed by atoms with E-state index >= 15 is 0 Å². The third-order valence-corrected chi connectivity index (χ3v) is 5.78. The van der Waals surface area contributed by atoms with Gasteiger partial charge < -0.3 is 9.64 Å². The summed E-state index contributed by atoms with van der Waals surface area (Å²) in [5.74, 6) is 0.593. The molecule has 0 fully saturated rings. The first-order valence-corrected chi connectivity index (χ1v) is 11.6. The Kier molecular flexibility index (Phi) is 9.10. The number of nitrogens with zero attached hydrogens (tertiary/aromatic N) is 4. The number of carbonyl (C=O) groups is 1. The minimum Gasteiger partial charge on any atom is -0.494 e. The van der Waals surface area contributed by atoms with E-state index in [1.807, 2.05) is 19.9 Å². The van der Waals surface area contributed by atoms with Crippen LogP contribution in [0.25, 0.3) is 11.1 Å². The van der Waals surface area contributed by atoms with Crippen LogP contribution >= 0.6 is 35.8 Å². The lowest BCUT2D eigenvalue weighted by Crippen LogP contribution is -2.22. The molecule has 34 heavy (non-hydrogen) atoms. The van der Waals surface area contributed by atoms with Gasteiger partial charge in [-0.25, -0.2) is 4.98 Å². The van der Waals surface area contributed by atoms with Crippen molar-refractivity contribution in [1.82, 2.24) is 9.97 Å². The number of hydrogen-bond acceptors (Lipinski definition) is 6. The zero-order valence-corrected chi connectivity index (χ0v) is 21.4. The lowest BCUT2D eigenvalue weighted by atomic mass is 10.0. The van der Waals surface area contributed by atoms with Crippen molar-refractivity contribution < 1.29 is 9.53 Å². The number of allylic oxidation sites excluding steroid dienone is 1. The average Bonchev–Trinajstić information content (AvgIpc) is 2.82. The maximum atomic E-state index is 11.7. The summed E-state index contributed by atoms with van der Waals surface area (Å²) in [6, 6.07) is 10.8. The Labute approximate surface area is 214 Å². The second-order valence-electron chi connectivity index (χ2n) is 7.44. The van der Waals surface area contributed by atoms with Gasteiger partial charge in [-0.1, -0.05) is 23.2 Å². The summed E-state index contributed by atoms with van der Waals surface area (Å²) in [5.41, 5.74) is 4.78. The highest BCUT2D eigenvalue weighted by Crippen LogP contribution is 2.33. The molecule has 2 heterocycles. The van der Waals surface area contributed by atoms with Crippen LogP contribution in [0.4, 0.5) is 5.69 Å². The van der Waals surface area contributed by atoms with Gasteiger partial charge in [-0.2, -0.15) is 0 Å². The van der Waals surface area contributed by atoms with E-state index in [9.17, 15) is 4.79 Å². The lowest BCUT2D eigenvalue weighted by molar-refractivity contribution is -0.107. The molecule has 0 saturated heterocycles. The number of amides is 1. The standard InChI is InChI=1S/C25H24Cl2N4O2S/c1-16-10-21(22-11-25(27)30-14-24(22)33-3)18(12-28-16)13-29-23(17(2)34)8-9-31(15-32)20-6-4-19(26)5-7-20/h4-7,10-15,34H,8-9H2,1-3H3/b23-17-,29-13?. The molecule has 0 saturated carbocycles. The molecule has 0 atom stereocenters. The minimum absolute atomic E-state index is 0.357. The van der Waals surface area contributed by atoms with E-state index in [1.54, 1.807) is 60.9 Å². The molecule has 0 unspecified atom stereocenters. The molecule has 0 spiro atoms. The first kappa shape index (κ1) is 25.7. The molecule has 6 nitrogen and oxygen atoms in total. The van der Waals surface area contributed by atoms with E-state index in [1.165, 1.54) is 0 Å². The molecule has 3 aromatic rings. The normalized spacial score (nSPS) is 11.9. The van der Waals surface area contributed by atoms with E-state index < -0.39 is 0 Å². The van der Waals surface area contributed by atoms with Crippen LogP contribution < -0.4 is 9.64 Å². The zero-order chi connectivity index (χ0) is 24.7. The number of aliphatic imine (C=N–C) groups is 1. The van der Waals surface area contributed by atoms with Gasteiger partial charge in [-0.05, 0) is 55.8 Å². The maximum Gasteiger partial charge on any atom is 0.214 e. The van der Waals surface area contributed by atoms with Gasteiger partial charge in [0.05, 0.1) is 19.0 Å². The number of benzene rings is 1. The van der Waals surface area contributed by atoms with Crippen molar-refractivity contribution in [3.63, 3.8) is 0 Å². The van der Waals surface area contributed by atoms with Crippen LogP contribution in [0.5, 0.6) is 5.75 Å². The van der Waals surface area contributed by atoms with Gasteiger partial charge >= 0.3 is 0 Å². The Bertz CT molecular complexity index is 1230. The third kappa shape index (κ3) is 6.59. The minimum atomic E-state index is 0.357. The summed E-state index contributed by atoms with van der Waals surface area (Å²) in [7, 11) is 1.58. The number of pyridine rings is 2. The first-order valence-electron chi connectivity index (χ1n) is 10.4. The number of ether oxygens (including phenoxy) is 1.